The number of hydrogen-bond acceptors (Lipinski definition) is 2. The molecule has 58 heavy (non-hydrogen) atoms. The first-order valence-electron chi connectivity index (χ1n) is 19.9. The smallest absolute Gasteiger partial charge is 0.143 e. The number of fused-ring (bicyclic) bond motifs is 14. The molecule has 0 N–H and O–H groups in total. The first-order valence-corrected chi connectivity index (χ1v) is 19.9. The quantitative estimate of drug-likeness (QED) is 0.133. The van der Waals surface area contributed by atoms with E-state index >= 15 is 0 Å². The molecule has 2 heteroatoms. The molecule has 0 saturated heterocycles. The van der Waals surface area contributed by atoms with Crippen LogP contribution >= 0.6 is 0 Å². The Morgan fingerprint density at radius 3 is 1.55 bits per heavy atom. The summed E-state index contributed by atoms with van der Waals surface area (Å²) < 4.78 is 13.4. The predicted molar refractivity (Wildman–Crippen MR) is 245 cm³/mol. The van der Waals surface area contributed by atoms with Crippen molar-refractivity contribution in [3.8, 4) is 33.4 Å². The van der Waals surface area contributed by atoms with Gasteiger partial charge in [0, 0.05) is 38.1 Å². The maximum atomic E-state index is 7.00. The summed E-state index contributed by atoms with van der Waals surface area (Å²) in [4.78, 5) is 0. The van der Waals surface area contributed by atoms with Crippen molar-refractivity contribution in [1.82, 2.24) is 0 Å². The van der Waals surface area contributed by atoms with E-state index in [4.69, 9.17) is 8.83 Å². The van der Waals surface area contributed by atoms with Crippen LogP contribution in [0, 0.1) is 0 Å². The van der Waals surface area contributed by atoms with E-state index in [-0.39, 0.29) is 0 Å². The van der Waals surface area contributed by atoms with E-state index in [1.54, 1.807) is 0 Å². The molecular weight excluding hydrogens is 705 g/mol. The molecule has 0 bridgehead atoms. The van der Waals surface area contributed by atoms with Crippen molar-refractivity contribution in [2.75, 3.05) is 0 Å². The van der Waals surface area contributed by atoms with Crippen molar-refractivity contribution in [1.29, 1.82) is 0 Å². The van der Waals surface area contributed by atoms with E-state index in [0.29, 0.717) is 0 Å². The highest BCUT2D eigenvalue weighted by atomic mass is 16.3. The topological polar surface area (TPSA) is 26.3 Å². The number of benzene rings is 11. The second kappa shape index (κ2) is 11.9. The summed E-state index contributed by atoms with van der Waals surface area (Å²) >= 11 is 0. The molecule has 0 saturated carbocycles. The van der Waals surface area contributed by atoms with E-state index < -0.39 is 0 Å². The number of rotatable bonds is 3. The molecule has 0 spiro atoms. The van der Waals surface area contributed by atoms with Gasteiger partial charge < -0.3 is 8.83 Å². The normalized spacial score (nSPS) is 12.1. The second-order valence-corrected chi connectivity index (χ2v) is 15.5. The van der Waals surface area contributed by atoms with Crippen LogP contribution < -0.4 is 0 Å². The van der Waals surface area contributed by atoms with Crippen LogP contribution in [0.4, 0.5) is 0 Å². The van der Waals surface area contributed by atoms with Gasteiger partial charge in [-0.15, -0.1) is 0 Å². The Kier molecular flexibility index (Phi) is 6.47. The fourth-order valence-corrected chi connectivity index (χ4v) is 9.96. The molecule has 13 aromatic rings. The Morgan fingerprint density at radius 1 is 0.259 bits per heavy atom. The van der Waals surface area contributed by atoms with Gasteiger partial charge >= 0.3 is 0 Å². The molecule has 0 amide bonds. The molecule has 0 aliphatic rings. The third-order valence-electron chi connectivity index (χ3n) is 12.4. The number of furan rings is 2. The van der Waals surface area contributed by atoms with Crippen LogP contribution in [0.5, 0.6) is 0 Å². The van der Waals surface area contributed by atoms with E-state index in [2.05, 4.69) is 188 Å². The highest BCUT2D eigenvalue weighted by Gasteiger charge is 2.24. The van der Waals surface area contributed by atoms with Crippen LogP contribution in [0.3, 0.4) is 0 Å². The number of hydrogen-bond donors (Lipinski definition) is 0. The molecule has 0 radical (unpaired) electrons. The first-order chi connectivity index (χ1) is 28.8. The average Bonchev–Trinajstić information content (AvgIpc) is 3.87. The largest absolute Gasteiger partial charge is 0.456 e. The van der Waals surface area contributed by atoms with Crippen molar-refractivity contribution >= 4 is 97.7 Å². The van der Waals surface area contributed by atoms with Gasteiger partial charge in [0.05, 0.1) is 0 Å². The zero-order valence-electron chi connectivity index (χ0n) is 31.3. The summed E-state index contributed by atoms with van der Waals surface area (Å²) in [6.45, 7) is 0. The minimum absolute atomic E-state index is 0.875. The minimum atomic E-state index is 0.875. The molecule has 0 atom stereocenters. The van der Waals surface area contributed by atoms with Crippen molar-refractivity contribution in [3.63, 3.8) is 0 Å². The highest BCUT2D eigenvalue weighted by molar-refractivity contribution is 6.34. The van der Waals surface area contributed by atoms with Crippen molar-refractivity contribution in [3.05, 3.63) is 194 Å². The van der Waals surface area contributed by atoms with Gasteiger partial charge in [-0.25, -0.2) is 0 Å². The molecule has 268 valence electrons. The maximum absolute atomic E-state index is 7.00. The molecule has 2 aromatic heterocycles. The summed E-state index contributed by atoms with van der Waals surface area (Å²) in [5.74, 6) is 0. The summed E-state index contributed by atoms with van der Waals surface area (Å²) in [5, 5.41) is 16.6. The lowest BCUT2D eigenvalue weighted by molar-refractivity contribution is 0.669. The molecule has 2 heterocycles. The monoisotopic (exact) mass is 736 g/mol. The van der Waals surface area contributed by atoms with Gasteiger partial charge in [-0.2, -0.15) is 0 Å². The Balaban J connectivity index is 1.15. The molecule has 11 aromatic carbocycles. The SMILES string of the molecule is c1ccc(-c2cc3ccccc3c3cc(-c4c5ccccc5c(-c5cc6ccc7oc8ccccc8c7c6c6c5oc5ccccc56)c5ccccc45)ccc23)cc1. The van der Waals surface area contributed by atoms with Crippen LogP contribution in [0.1, 0.15) is 0 Å². The Labute approximate surface area is 332 Å². The van der Waals surface area contributed by atoms with Crippen LogP contribution in [0.25, 0.3) is 131 Å². The van der Waals surface area contributed by atoms with Gasteiger partial charge in [0.2, 0.25) is 0 Å². The minimum Gasteiger partial charge on any atom is -0.456 e. The van der Waals surface area contributed by atoms with E-state index in [1.807, 2.05) is 6.07 Å². The van der Waals surface area contributed by atoms with Crippen LogP contribution in [-0.2, 0) is 0 Å². The van der Waals surface area contributed by atoms with Gasteiger partial charge in [-0.05, 0) is 107 Å². The summed E-state index contributed by atoms with van der Waals surface area (Å²) in [5.41, 5.74) is 10.7. The Bertz CT molecular complexity index is 3790. The third kappa shape index (κ3) is 4.37. The zero-order chi connectivity index (χ0) is 37.9. The molecule has 0 aliphatic heterocycles. The van der Waals surface area contributed by atoms with E-state index in [1.165, 1.54) is 70.9 Å². The predicted octanol–water partition coefficient (Wildman–Crippen LogP) is 16.3. The molecular formula is C56H32O2. The lowest BCUT2D eigenvalue weighted by Gasteiger charge is -2.19. The van der Waals surface area contributed by atoms with Crippen molar-refractivity contribution in [2.24, 2.45) is 0 Å². The summed E-state index contributed by atoms with van der Waals surface area (Å²) in [7, 11) is 0. The fourth-order valence-electron chi connectivity index (χ4n) is 9.96. The van der Waals surface area contributed by atoms with Gasteiger partial charge in [-0.3, -0.25) is 0 Å². The summed E-state index contributed by atoms with van der Waals surface area (Å²) in [6.07, 6.45) is 0. The molecule has 13 rings (SSSR count). The van der Waals surface area contributed by atoms with E-state index in [0.717, 1.165) is 60.2 Å². The van der Waals surface area contributed by atoms with Gasteiger partial charge in [0.15, 0.2) is 0 Å². The average molecular weight is 737 g/mol. The lowest BCUT2D eigenvalue weighted by atomic mass is 9.83. The highest BCUT2D eigenvalue weighted by Crippen LogP contribution is 2.50. The first kappa shape index (κ1) is 31.5. The summed E-state index contributed by atoms with van der Waals surface area (Å²) in [6, 6.07) is 70.3. The molecule has 2 nitrogen and oxygen atoms in total. The third-order valence-corrected chi connectivity index (χ3v) is 12.4. The maximum Gasteiger partial charge on any atom is 0.143 e. The van der Waals surface area contributed by atoms with Crippen LogP contribution in [-0.4, -0.2) is 0 Å². The molecule has 0 fully saturated rings. The number of para-hydroxylation sites is 2. The Hall–Kier alpha value is -7.68. The molecule has 0 unspecified atom stereocenters. The Morgan fingerprint density at radius 2 is 0.828 bits per heavy atom. The fraction of sp³-hybridized carbons (Fsp3) is 0. The lowest BCUT2D eigenvalue weighted by Crippen LogP contribution is -1.92. The standard InChI is InChI=1S/C56H32O2/c1-2-14-33(15-3-1)45-30-34-16-4-5-17-37(34)46-31-35(26-28-38(45)46)51-39-18-6-8-20-41(39)53(42-21-9-7-19-40(42)51)47-32-36-27-29-50-54(43-22-10-12-24-48(43)57-50)52(36)55-44-23-11-13-25-49(44)58-56(47)55/h1-32H. The molecule has 0 aliphatic carbocycles. The van der Waals surface area contributed by atoms with Gasteiger partial charge in [-0.1, -0.05) is 158 Å². The second-order valence-electron chi connectivity index (χ2n) is 15.5. The van der Waals surface area contributed by atoms with Crippen LogP contribution in [0.15, 0.2) is 203 Å². The van der Waals surface area contributed by atoms with Crippen molar-refractivity contribution < 1.29 is 8.83 Å². The van der Waals surface area contributed by atoms with Gasteiger partial charge in [0.1, 0.15) is 22.3 Å². The van der Waals surface area contributed by atoms with Crippen LogP contribution in [0.2, 0.25) is 0 Å². The van der Waals surface area contributed by atoms with E-state index in [9.17, 15) is 0 Å². The zero-order valence-corrected chi connectivity index (χ0v) is 31.3. The van der Waals surface area contributed by atoms with Crippen molar-refractivity contribution in [2.45, 2.75) is 0 Å². The van der Waals surface area contributed by atoms with Gasteiger partial charge in [0.25, 0.3) is 0 Å².